The van der Waals surface area contributed by atoms with Gasteiger partial charge in [0.15, 0.2) is 5.43 Å². The van der Waals surface area contributed by atoms with Crippen LogP contribution in [-0.4, -0.2) is 4.98 Å². The van der Waals surface area contributed by atoms with E-state index in [2.05, 4.69) is 4.98 Å². The van der Waals surface area contributed by atoms with Crippen molar-refractivity contribution in [2.75, 3.05) is 5.73 Å². The van der Waals surface area contributed by atoms with Crippen molar-refractivity contribution in [3.05, 3.63) is 70.0 Å². The third-order valence-corrected chi connectivity index (χ3v) is 3.32. The van der Waals surface area contributed by atoms with Crippen LogP contribution in [0, 0.1) is 6.92 Å². The van der Waals surface area contributed by atoms with Gasteiger partial charge in [0.1, 0.15) is 12.4 Å². The zero-order chi connectivity index (χ0) is 14.8. The lowest BCUT2D eigenvalue weighted by Gasteiger charge is -2.08. The first-order chi connectivity index (χ1) is 10.1. The smallest absolute Gasteiger partial charge is 0.189 e. The van der Waals surface area contributed by atoms with Crippen LogP contribution in [0.15, 0.2) is 53.3 Å². The molecule has 2 aromatic carbocycles. The first kappa shape index (κ1) is 13.2. The number of nitrogen functional groups attached to an aromatic ring is 1. The molecule has 3 N–H and O–H groups in total. The van der Waals surface area contributed by atoms with Gasteiger partial charge in [-0.3, -0.25) is 4.79 Å². The standard InChI is InChI=1S/C17H16N2O2/c1-11-2-5-14(6-3-11)21-10-13-9-17(20)15-8-12(18)4-7-16(15)19-13/h2-9H,10,18H2,1H3,(H,19,20). The highest BCUT2D eigenvalue weighted by molar-refractivity contribution is 5.81. The maximum absolute atomic E-state index is 12.1. The third kappa shape index (κ3) is 2.89. The number of hydrogen-bond acceptors (Lipinski definition) is 3. The molecule has 1 aromatic heterocycles. The summed E-state index contributed by atoms with van der Waals surface area (Å²) < 4.78 is 5.68. The van der Waals surface area contributed by atoms with Crippen LogP contribution in [0.3, 0.4) is 0 Å². The van der Waals surface area contributed by atoms with E-state index < -0.39 is 0 Å². The molecule has 4 nitrogen and oxygen atoms in total. The molecular formula is C17H16N2O2. The van der Waals surface area contributed by atoms with Crippen molar-refractivity contribution in [2.24, 2.45) is 0 Å². The number of aromatic nitrogens is 1. The first-order valence-corrected chi connectivity index (χ1v) is 6.73. The minimum Gasteiger partial charge on any atom is -0.487 e. The molecule has 0 bridgehead atoms. The van der Waals surface area contributed by atoms with Crippen LogP contribution in [0.25, 0.3) is 10.9 Å². The minimum atomic E-state index is -0.0569. The average Bonchev–Trinajstić information content (AvgIpc) is 2.47. The highest BCUT2D eigenvalue weighted by atomic mass is 16.5. The van der Waals surface area contributed by atoms with Crippen LogP contribution < -0.4 is 15.9 Å². The Bertz CT molecular complexity index is 836. The van der Waals surface area contributed by atoms with Crippen molar-refractivity contribution in [1.29, 1.82) is 0 Å². The fraction of sp³-hybridized carbons (Fsp3) is 0.118. The lowest BCUT2D eigenvalue weighted by atomic mass is 10.2. The van der Waals surface area contributed by atoms with E-state index in [9.17, 15) is 4.79 Å². The molecule has 21 heavy (non-hydrogen) atoms. The van der Waals surface area contributed by atoms with E-state index in [1.54, 1.807) is 24.3 Å². The Hall–Kier alpha value is -2.75. The molecule has 0 fully saturated rings. The number of rotatable bonds is 3. The molecule has 0 saturated carbocycles. The molecular weight excluding hydrogens is 264 g/mol. The highest BCUT2D eigenvalue weighted by Crippen LogP contribution is 2.15. The number of fused-ring (bicyclic) bond motifs is 1. The largest absolute Gasteiger partial charge is 0.487 e. The Kier molecular flexibility index (Phi) is 3.36. The summed E-state index contributed by atoms with van der Waals surface area (Å²) in [5.74, 6) is 0.777. The fourth-order valence-corrected chi connectivity index (χ4v) is 2.19. The Labute approximate surface area is 122 Å². The van der Waals surface area contributed by atoms with E-state index in [4.69, 9.17) is 10.5 Å². The van der Waals surface area contributed by atoms with Gasteiger partial charge in [0.25, 0.3) is 0 Å². The second-order valence-corrected chi connectivity index (χ2v) is 5.07. The summed E-state index contributed by atoms with van der Waals surface area (Å²) in [7, 11) is 0. The molecule has 0 aliphatic rings. The summed E-state index contributed by atoms with van der Waals surface area (Å²) >= 11 is 0. The molecule has 1 heterocycles. The lowest BCUT2D eigenvalue weighted by Crippen LogP contribution is -2.08. The normalized spacial score (nSPS) is 10.7. The number of H-pyrrole nitrogens is 1. The predicted octanol–water partition coefficient (Wildman–Crippen LogP) is 3.00. The molecule has 0 aliphatic heterocycles. The Morgan fingerprint density at radius 2 is 1.86 bits per heavy atom. The zero-order valence-corrected chi connectivity index (χ0v) is 11.7. The van der Waals surface area contributed by atoms with Gasteiger partial charge in [-0.25, -0.2) is 0 Å². The van der Waals surface area contributed by atoms with Crippen LogP contribution in [0.4, 0.5) is 5.69 Å². The molecule has 0 unspecified atom stereocenters. The van der Waals surface area contributed by atoms with E-state index >= 15 is 0 Å². The van der Waals surface area contributed by atoms with Gasteiger partial charge < -0.3 is 15.5 Å². The summed E-state index contributed by atoms with van der Waals surface area (Å²) in [6.07, 6.45) is 0. The Morgan fingerprint density at radius 3 is 2.62 bits per heavy atom. The van der Waals surface area contributed by atoms with Crippen LogP contribution in [0.5, 0.6) is 5.75 Å². The number of anilines is 1. The van der Waals surface area contributed by atoms with Gasteiger partial charge in [-0.15, -0.1) is 0 Å². The van der Waals surface area contributed by atoms with E-state index in [-0.39, 0.29) is 5.43 Å². The summed E-state index contributed by atoms with van der Waals surface area (Å²) in [6.45, 7) is 2.34. The molecule has 3 rings (SSSR count). The van der Waals surface area contributed by atoms with Crippen LogP contribution in [0.2, 0.25) is 0 Å². The third-order valence-electron chi connectivity index (χ3n) is 3.32. The molecule has 0 atom stereocenters. The molecule has 0 amide bonds. The van der Waals surface area contributed by atoms with Crippen molar-refractivity contribution in [3.8, 4) is 5.75 Å². The fourth-order valence-electron chi connectivity index (χ4n) is 2.19. The van der Waals surface area contributed by atoms with Crippen LogP contribution in [-0.2, 0) is 6.61 Å². The van der Waals surface area contributed by atoms with Gasteiger partial charge in [0.2, 0.25) is 0 Å². The van der Waals surface area contributed by atoms with E-state index in [1.165, 1.54) is 5.56 Å². The molecule has 0 saturated heterocycles. The maximum Gasteiger partial charge on any atom is 0.189 e. The SMILES string of the molecule is Cc1ccc(OCc2cc(=O)c3cc(N)ccc3[nH]2)cc1. The van der Waals surface area contributed by atoms with E-state index in [0.29, 0.717) is 17.7 Å². The number of aryl methyl sites for hydroxylation is 1. The van der Waals surface area contributed by atoms with Crippen molar-refractivity contribution >= 4 is 16.6 Å². The predicted molar refractivity (Wildman–Crippen MR) is 84.5 cm³/mol. The number of aromatic amines is 1. The number of hydrogen-bond donors (Lipinski definition) is 2. The van der Waals surface area contributed by atoms with Crippen molar-refractivity contribution < 1.29 is 4.74 Å². The molecule has 0 aliphatic carbocycles. The number of ether oxygens (including phenoxy) is 1. The number of nitrogens with one attached hydrogen (secondary N) is 1. The molecule has 4 heteroatoms. The maximum atomic E-state index is 12.1. The molecule has 0 radical (unpaired) electrons. The van der Waals surface area contributed by atoms with Crippen molar-refractivity contribution in [3.63, 3.8) is 0 Å². The molecule has 0 spiro atoms. The van der Waals surface area contributed by atoms with Gasteiger partial charge in [-0.1, -0.05) is 17.7 Å². The monoisotopic (exact) mass is 280 g/mol. The van der Waals surface area contributed by atoms with Gasteiger partial charge >= 0.3 is 0 Å². The Balaban J connectivity index is 1.86. The summed E-state index contributed by atoms with van der Waals surface area (Å²) in [5.41, 5.74) is 8.90. The van der Waals surface area contributed by atoms with Crippen molar-refractivity contribution in [1.82, 2.24) is 4.98 Å². The average molecular weight is 280 g/mol. The first-order valence-electron chi connectivity index (χ1n) is 6.73. The van der Waals surface area contributed by atoms with Gasteiger partial charge in [0, 0.05) is 22.7 Å². The van der Waals surface area contributed by atoms with E-state index in [0.717, 1.165) is 17.0 Å². The second kappa shape index (κ2) is 5.32. The van der Waals surface area contributed by atoms with Gasteiger partial charge in [-0.05, 0) is 37.3 Å². The molecule has 3 aromatic rings. The summed E-state index contributed by atoms with van der Waals surface area (Å²) in [5, 5.41) is 0.592. The zero-order valence-electron chi connectivity index (χ0n) is 11.7. The van der Waals surface area contributed by atoms with E-state index in [1.807, 2.05) is 31.2 Å². The summed E-state index contributed by atoms with van der Waals surface area (Å²) in [6, 6.07) is 14.6. The highest BCUT2D eigenvalue weighted by Gasteiger charge is 2.03. The molecule has 106 valence electrons. The van der Waals surface area contributed by atoms with Crippen LogP contribution >= 0.6 is 0 Å². The van der Waals surface area contributed by atoms with Crippen molar-refractivity contribution in [2.45, 2.75) is 13.5 Å². The number of nitrogens with two attached hydrogens (primary N) is 1. The second-order valence-electron chi connectivity index (χ2n) is 5.07. The number of benzene rings is 2. The quantitative estimate of drug-likeness (QED) is 0.725. The summed E-state index contributed by atoms with van der Waals surface area (Å²) in [4.78, 5) is 15.3. The topological polar surface area (TPSA) is 68.1 Å². The van der Waals surface area contributed by atoms with Gasteiger partial charge in [0.05, 0.1) is 5.69 Å². The number of pyridine rings is 1. The Morgan fingerprint density at radius 1 is 1.10 bits per heavy atom. The minimum absolute atomic E-state index is 0.0569. The van der Waals surface area contributed by atoms with Crippen LogP contribution in [0.1, 0.15) is 11.3 Å². The lowest BCUT2D eigenvalue weighted by molar-refractivity contribution is 0.301. The van der Waals surface area contributed by atoms with Gasteiger partial charge in [-0.2, -0.15) is 0 Å².